The Morgan fingerprint density at radius 1 is 0.696 bits per heavy atom. The van der Waals surface area contributed by atoms with E-state index < -0.39 is 33.3 Å². The van der Waals surface area contributed by atoms with Crippen LogP contribution in [0.15, 0.2) is 22.8 Å². The molecule has 0 aromatic heterocycles. The van der Waals surface area contributed by atoms with Gasteiger partial charge in [0.05, 0.1) is 0 Å². The van der Waals surface area contributed by atoms with E-state index in [4.69, 9.17) is 13.0 Å². The number of aliphatic hydroxyl groups is 2. The second kappa shape index (κ2) is 9.01. The van der Waals surface area contributed by atoms with Crippen molar-refractivity contribution in [3.05, 3.63) is 22.8 Å². The summed E-state index contributed by atoms with van der Waals surface area (Å²) in [5.74, 6) is 0. The van der Waals surface area contributed by atoms with Crippen LogP contribution < -0.4 is 0 Å². The standard InChI is InChI=1S/C14H34O5Si4/c1-17-23(8,18-2)12-10-21(5,6)19-20(3,4)9-11-22(7,13-15)14-16/h9-12,15-16H,13-14H2,1-8H3. The fourth-order valence-electron chi connectivity index (χ4n) is 1.87. The van der Waals surface area contributed by atoms with Crippen LogP contribution >= 0.6 is 0 Å². The van der Waals surface area contributed by atoms with E-state index in [1.54, 1.807) is 14.2 Å². The molecule has 0 unspecified atom stereocenters. The van der Waals surface area contributed by atoms with Crippen molar-refractivity contribution in [1.29, 1.82) is 0 Å². The van der Waals surface area contributed by atoms with Crippen LogP contribution in [0.1, 0.15) is 0 Å². The molecule has 5 nitrogen and oxygen atoms in total. The van der Waals surface area contributed by atoms with Crippen molar-refractivity contribution in [2.24, 2.45) is 0 Å². The van der Waals surface area contributed by atoms with Gasteiger partial charge < -0.3 is 23.2 Å². The van der Waals surface area contributed by atoms with Gasteiger partial charge in [-0.05, 0) is 38.4 Å². The highest BCUT2D eigenvalue weighted by molar-refractivity contribution is 6.92. The molecule has 0 radical (unpaired) electrons. The quantitative estimate of drug-likeness (QED) is 0.556. The maximum absolute atomic E-state index is 9.44. The lowest BCUT2D eigenvalue weighted by Crippen LogP contribution is -2.45. The Bertz CT molecular complexity index is 377. The molecule has 0 bridgehead atoms. The largest absolute Gasteiger partial charge is 0.449 e. The van der Waals surface area contributed by atoms with Crippen molar-refractivity contribution in [1.82, 2.24) is 0 Å². The van der Waals surface area contributed by atoms with Crippen molar-refractivity contribution in [2.75, 3.05) is 26.7 Å². The smallest absolute Gasteiger partial charge is 0.360 e. The van der Waals surface area contributed by atoms with Gasteiger partial charge in [0.2, 0.25) is 0 Å². The van der Waals surface area contributed by atoms with E-state index in [0.717, 1.165) is 0 Å². The molecule has 2 N–H and O–H groups in total. The molecule has 0 saturated carbocycles. The summed E-state index contributed by atoms with van der Waals surface area (Å²) in [6, 6.07) is 0. The normalized spacial score (nSPS) is 15.0. The number of rotatable bonds is 10. The van der Waals surface area contributed by atoms with E-state index >= 15 is 0 Å². The van der Waals surface area contributed by atoms with E-state index in [9.17, 15) is 10.2 Å². The van der Waals surface area contributed by atoms with E-state index in [0.29, 0.717) is 0 Å². The van der Waals surface area contributed by atoms with E-state index in [2.05, 4.69) is 37.6 Å². The highest BCUT2D eigenvalue weighted by atomic mass is 28.4. The average Bonchev–Trinajstić information content (AvgIpc) is 2.49. The van der Waals surface area contributed by atoms with Crippen LogP contribution in [0.3, 0.4) is 0 Å². The summed E-state index contributed by atoms with van der Waals surface area (Å²) in [6.45, 7) is 12.5. The van der Waals surface area contributed by atoms with Gasteiger partial charge in [-0.3, -0.25) is 0 Å². The Morgan fingerprint density at radius 2 is 1.09 bits per heavy atom. The zero-order chi connectivity index (χ0) is 18.4. The summed E-state index contributed by atoms with van der Waals surface area (Å²) in [7, 11) is -5.00. The van der Waals surface area contributed by atoms with Gasteiger partial charge in [0.1, 0.15) is 8.07 Å². The van der Waals surface area contributed by atoms with Crippen molar-refractivity contribution < 1.29 is 23.2 Å². The number of hydrogen-bond acceptors (Lipinski definition) is 5. The minimum atomic E-state index is -2.23. The molecular formula is C14H34O5Si4. The van der Waals surface area contributed by atoms with Crippen LogP contribution in [0.5, 0.6) is 0 Å². The molecule has 0 atom stereocenters. The molecule has 0 aromatic rings. The van der Waals surface area contributed by atoms with E-state index in [1.165, 1.54) is 0 Å². The summed E-state index contributed by atoms with van der Waals surface area (Å²) >= 11 is 0. The summed E-state index contributed by atoms with van der Waals surface area (Å²) in [4.78, 5) is 0. The zero-order valence-electron chi connectivity index (χ0n) is 15.8. The minimum absolute atomic E-state index is 0.0524. The van der Waals surface area contributed by atoms with Gasteiger partial charge in [-0.2, -0.15) is 0 Å². The molecule has 0 saturated heterocycles. The summed E-state index contributed by atoms with van der Waals surface area (Å²) in [6.07, 6.45) is 0.105. The fraction of sp³-hybridized carbons (Fsp3) is 0.714. The molecule has 0 aliphatic carbocycles. The fourth-order valence-corrected chi connectivity index (χ4v) is 14.6. The van der Waals surface area contributed by atoms with Gasteiger partial charge >= 0.3 is 8.56 Å². The second-order valence-corrected chi connectivity index (χ2v) is 22.7. The van der Waals surface area contributed by atoms with Gasteiger partial charge in [0, 0.05) is 26.7 Å². The van der Waals surface area contributed by atoms with Gasteiger partial charge in [-0.1, -0.05) is 23.6 Å². The lowest BCUT2D eigenvalue weighted by molar-refractivity contribution is 0.264. The SMILES string of the molecule is CO[Si](C)(C=C[Si](C)(C)O[Si](C)(C)C=C[Si](C)(CO)CO)OC. The molecule has 0 aliphatic rings. The highest BCUT2D eigenvalue weighted by Crippen LogP contribution is 2.19. The van der Waals surface area contributed by atoms with Gasteiger partial charge in [0.25, 0.3) is 0 Å². The number of aliphatic hydroxyl groups excluding tert-OH is 2. The lowest BCUT2D eigenvalue weighted by Gasteiger charge is -2.31. The van der Waals surface area contributed by atoms with Gasteiger partial charge in [0.15, 0.2) is 16.6 Å². The Hall–Kier alpha value is 0.148. The first-order valence-corrected chi connectivity index (χ1v) is 19.2. The van der Waals surface area contributed by atoms with Crippen LogP contribution in [0.4, 0.5) is 0 Å². The molecule has 0 fully saturated rings. The van der Waals surface area contributed by atoms with E-state index in [-0.39, 0.29) is 12.5 Å². The molecule has 0 amide bonds. The molecule has 0 aliphatic heterocycles. The Morgan fingerprint density at radius 3 is 1.43 bits per heavy atom. The Labute approximate surface area is 145 Å². The van der Waals surface area contributed by atoms with Gasteiger partial charge in [-0.25, -0.2) is 0 Å². The topological polar surface area (TPSA) is 68.2 Å². The molecule has 23 heavy (non-hydrogen) atoms. The first-order valence-electron chi connectivity index (χ1n) is 7.79. The van der Waals surface area contributed by atoms with Crippen molar-refractivity contribution in [2.45, 2.75) is 39.3 Å². The summed E-state index contributed by atoms with van der Waals surface area (Å²) < 4.78 is 17.4. The van der Waals surface area contributed by atoms with Crippen LogP contribution in [-0.4, -0.2) is 70.2 Å². The molecule has 136 valence electrons. The summed E-state index contributed by atoms with van der Waals surface area (Å²) in [5.41, 5.74) is 8.32. The monoisotopic (exact) mass is 394 g/mol. The predicted molar refractivity (Wildman–Crippen MR) is 106 cm³/mol. The maximum Gasteiger partial charge on any atom is 0.360 e. The van der Waals surface area contributed by atoms with Crippen LogP contribution in [-0.2, 0) is 13.0 Å². The lowest BCUT2D eigenvalue weighted by atomic mass is 11.2. The third-order valence-electron chi connectivity index (χ3n) is 3.73. The molecule has 0 aromatic carbocycles. The average molecular weight is 395 g/mol. The molecular weight excluding hydrogens is 360 g/mol. The van der Waals surface area contributed by atoms with Crippen LogP contribution in [0.2, 0.25) is 39.3 Å². The Kier molecular flexibility index (Phi) is 9.07. The highest BCUT2D eigenvalue weighted by Gasteiger charge is 2.33. The zero-order valence-corrected chi connectivity index (χ0v) is 19.8. The van der Waals surface area contributed by atoms with Crippen molar-refractivity contribution in [3.8, 4) is 0 Å². The second-order valence-electron chi connectivity index (χ2n) is 7.37. The maximum atomic E-state index is 9.44. The first-order chi connectivity index (χ1) is 10.4. The third kappa shape index (κ3) is 8.70. The third-order valence-corrected chi connectivity index (χ3v) is 15.4. The molecule has 0 rings (SSSR count). The van der Waals surface area contributed by atoms with Gasteiger partial charge in [-0.15, -0.1) is 0 Å². The Balaban J connectivity index is 5.07. The van der Waals surface area contributed by atoms with Crippen molar-refractivity contribution >= 4 is 33.3 Å². The first kappa shape index (κ1) is 23.1. The molecule has 0 heterocycles. The van der Waals surface area contributed by atoms with Crippen LogP contribution in [0.25, 0.3) is 0 Å². The molecule has 9 heteroatoms. The van der Waals surface area contributed by atoms with Crippen LogP contribution in [0, 0.1) is 0 Å². The van der Waals surface area contributed by atoms with E-state index in [1.807, 2.05) is 24.5 Å². The molecule has 0 spiro atoms. The summed E-state index contributed by atoms with van der Waals surface area (Å²) in [5, 5.41) is 18.9. The predicted octanol–water partition coefficient (Wildman–Crippen LogP) is 2.19. The number of hydrogen-bond donors (Lipinski definition) is 2. The van der Waals surface area contributed by atoms with Crippen molar-refractivity contribution in [3.63, 3.8) is 0 Å². The minimum Gasteiger partial charge on any atom is -0.449 e.